The molecule has 3 N–H and O–H groups in total. The molecule has 0 radical (unpaired) electrons. The summed E-state index contributed by atoms with van der Waals surface area (Å²) >= 11 is 3.53. The Kier molecular flexibility index (Phi) is 5.15. The van der Waals surface area contributed by atoms with E-state index in [1.54, 1.807) is 0 Å². The van der Waals surface area contributed by atoms with Crippen LogP contribution in [0, 0.1) is 13.8 Å². The number of benzene rings is 2. The van der Waals surface area contributed by atoms with Gasteiger partial charge in [-0.1, -0.05) is 34.1 Å². The summed E-state index contributed by atoms with van der Waals surface area (Å²) in [5, 5.41) is 2.97. The number of halogens is 1. The Balaban J connectivity index is 2.26. The summed E-state index contributed by atoms with van der Waals surface area (Å²) in [7, 11) is 0. The second-order valence-corrected chi connectivity index (χ2v) is 5.87. The summed E-state index contributed by atoms with van der Waals surface area (Å²) in [5.74, 6) is -0.0971. The maximum absolute atomic E-state index is 12.5. The number of rotatable bonds is 4. The molecule has 0 saturated carbocycles. The predicted molar refractivity (Wildman–Crippen MR) is 90.8 cm³/mol. The van der Waals surface area contributed by atoms with Crippen LogP contribution >= 0.6 is 15.9 Å². The standard InChI is InChI=1S/C17H19BrN2O/c1-11-9-14(10-12(2)16(11)18)20-17(21)15-6-4-3-5-13(15)7-8-19/h3-6,9-10H,7-8,19H2,1-2H3,(H,20,21). The second-order valence-electron chi connectivity index (χ2n) is 5.07. The van der Waals surface area contributed by atoms with E-state index < -0.39 is 0 Å². The lowest BCUT2D eigenvalue weighted by Crippen LogP contribution is -2.16. The van der Waals surface area contributed by atoms with Crippen LogP contribution in [-0.4, -0.2) is 12.5 Å². The molecule has 0 aromatic heterocycles. The molecule has 0 saturated heterocycles. The van der Waals surface area contributed by atoms with Crippen molar-refractivity contribution in [3.05, 3.63) is 63.1 Å². The molecule has 0 spiro atoms. The van der Waals surface area contributed by atoms with Gasteiger partial charge in [-0.05, 0) is 61.7 Å². The van der Waals surface area contributed by atoms with Gasteiger partial charge in [-0.25, -0.2) is 0 Å². The number of hydrogen-bond acceptors (Lipinski definition) is 2. The molecular formula is C17H19BrN2O. The van der Waals surface area contributed by atoms with Gasteiger partial charge in [0.2, 0.25) is 0 Å². The van der Waals surface area contributed by atoms with E-state index in [1.165, 1.54) is 0 Å². The quantitative estimate of drug-likeness (QED) is 0.883. The molecule has 0 bridgehead atoms. The molecule has 4 heteroatoms. The minimum atomic E-state index is -0.0971. The number of amides is 1. The van der Waals surface area contributed by atoms with Crippen LogP contribution in [0.25, 0.3) is 0 Å². The molecule has 0 aliphatic carbocycles. The van der Waals surface area contributed by atoms with Gasteiger partial charge in [0.15, 0.2) is 0 Å². The maximum Gasteiger partial charge on any atom is 0.255 e. The Hall–Kier alpha value is -1.65. The molecule has 0 aliphatic rings. The van der Waals surface area contributed by atoms with Crippen molar-refractivity contribution in [1.29, 1.82) is 0 Å². The third-order valence-electron chi connectivity index (χ3n) is 3.37. The van der Waals surface area contributed by atoms with E-state index in [0.717, 1.165) is 26.9 Å². The Labute approximate surface area is 133 Å². The highest BCUT2D eigenvalue weighted by molar-refractivity contribution is 9.10. The molecular weight excluding hydrogens is 328 g/mol. The smallest absolute Gasteiger partial charge is 0.255 e. The van der Waals surface area contributed by atoms with Crippen molar-refractivity contribution >= 4 is 27.5 Å². The molecule has 0 atom stereocenters. The van der Waals surface area contributed by atoms with Gasteiger partial charge in [-0.2, -0.15) is 0 Å². The molecule has 1 amide bonds. The Morgan fingerprint density at radius 2 is 1.81 bits per heavy atom. The Bertz CT molecular complexity index is 645. The first-order chi connectivity index (χ1) is 10.0. The van der Waals surface area contributed by atoms with Crippen LogP contribution in [0.1, 0.15) is 27.0 Å². The van der Waals surface area contributed by atoms with Crippen molar-refractivity contribution < 1.29 is 4.79 Å². The van der Waals surface area contributed by atoms with Crippen LogP contribution in [0.15, 0.2) is 40.9 Å². The first-order valence-corrected chi connectivity index (χ1v) is 7.68. The average molecular weight is 347 g/mol. The lowest BCUT2D eigenvalue weighted by molar-refractivity contribution is 0.102. The highest BCUT2D eigenvalue weighted by atomic mass is 79.9. The van der Waals surface area contributed by atoms with Crippen LogP contribution in [0.2, 0.25) is 0 Å². The minimum absolute atomic E-state index is 0.0971. The summed E-state index contributed by atoms with van der Waals surface area (Å²) < 4.78 is 1.07. The topological polar surface area (TPSA) is 55.1 Å². The summed E-state index contributed by atoms with van der Waals surface area (Å²) in [6, 6.07) is 11.5. The van der Waals surface area contributed by atoms with Crippen molar-refractivity contribution in [2.24, 2.45) is 5.73 Å². The van der Waals surface area contributed by atoms with Crippen LogP contribution in [0.3, 0.4) is 0 Å². The van der Waals surface area contributed by atoms with Gasteiger partial charge in [-0.3, -0.25) is 4.79 Å². The van der Waals surface area contributed by atoms with Crippen LogP contribution in [0.4, 0.5) is 5.69 Å². The zero-order chi connectivity index (χ0) is 15.4. The monoisotopic (exact) mass is 346 g/mol. The van der Waals surface area contributed by atoms with Gasteiger partial charge in [0, 0.05) is 15.7 Å². The summed E-state index contributed by atoms with van der Waals surface area (Å²) in [6.07, 6.45) is 0.696. The maximum atomic E-state index is 12.5. The fourth-order valence-electron chi connectivity index (χ4n) is 2.33. The number of nitrogens with one attached hydrogen (secondary N) is 1. The zero-order valence-electron chi connectivity index (χ0n) is 12.2. The third kappa shape index (κ3) is 3.71. The summed E-state index contributed by atoms with van der Waals surface area (Å²) in [6.45, 7) is 4.55. The van der Waals surface area contributed by atoms with E-state index in [2.05, 4.69) is 21.2 Å². The lowest BCUT2D eigenvalue weighted by atomic mass is 10.0. The third-order valence-corrected chi connectivity index (χ3v) is 4.62. The zero-order valence-corrected chi connectivity index (χ0v) is 13.8. The molecule has 0 unspecified atom stereocenters. The van der Waals surface area contributed by atoms with Gasteiger partial charge < -0.3 is 11.1 Å². The number of carbonyl (C=O) groups is 1. The summed E-state index contributed by atoms with van der Waals surface area (Å²) in [4.78, 5) is 12.5. The molecule has 2 rings (SSSR count). The van der Waals surface area contributed by atoms with E-state index in [0.29, 0.717) is 18.5 Å². The van der Waals surface area contributed by atoms with Crippen molar-refractivity contribution in [2.45, 2.75) is 20.3 Å². The SMILES string of the molecule is Cc1cc(NC(=O)c2ccccc2CCN)cc(C)c1Br. The molecule has 21 heavy (non-hydrogen) atoms. The highest BCUT2D eigenvalue weighted by Crippen LogP contribution is 2.25. The van der Waals surface area contributed by atoms with E-state index in [1.807, 2.05) is 50.2 Å². The molecule has 0 fully saturated rings. The van der Waals surface area contributed by atoms with Crippen LogP contribution < -0.4 is 11.1 Å². The molecule has 0 heterocycles. The molecule has 3 nitrogen and oxygen atoms in total. The second kappa shape index (κ2) is 6.87. The van der Waals surface area contributed by atoms with Gasteiger partial charge in [-0.15, -0.1) is 0 Å². The van der Waals surface area contributed by atoms with Crippen molar-refractivity contribution in [3.8, 4) is 0 Å². The molecule has 110 valence electrons. The van der Waals surface area contributed by atoms with Gasteiger partial charge >= 0.3 is 0 Å². The van der Waals surface area contributed by atoms with Gasteiger partial charge in [0.25, 0.3) is 5.91 Å². The fraction of sp³-hybridized carbons (Fsp3) is 0.235. The number of anilines is 1. The van der Waals surface area contributed by atoms with Crippen LogP contribution in [-0.2, 0) is 6.42 Å². The number of carbonyl (C=O) groups excluding carboxylic acids is 1. The first kappa shape index (κ1) is 15.7. The van der Waals surface area contributed by atoms with Crippen LogP contribution in [0.5, 0.6) is 0 Å². The van der Waals surface area contributed by atoms with E-state index in [4.69, 9.17) is 5.73 Å². The largest absolute Gasteiger partial charge is 0.330 e. The Morgan fingerprint density at radius 3 is 2.43 bits per heavy atom. The summed E-state index contributed by atoms with van der Waals surface area (Å²) in [5.41, 5.74) is 10.3. The van der Waals surface area contributed by atoms with Gasteiger partial charge in [0.05, 0.1) is 0 Å². The molecule has 0 aliphatic heterocycles. The minimum Gasteiger partial charge on any atom is -0.330 e. The van der Waals surface area contributed by atoms with Crippen molar-refractivity contribution in [3.63, 3.8) is 0 Å². The molecule has 2 aromatic rings. The van der Waals surface area contributed by atoms with E-state index in [-0.39, 0.29) is 5.91 Å². The normalized spacial score (nSPS) is 10.5. The fourth-order valence-corrected chi connectivity index (χ4v) is 2.56. The number of hydrogen-bond donors (Lipinski definition) is 2. The number of aryl methyl sites for hydroxylation is 2. The highest BCUT2D eigenvalue weighted by Gasteiger charge is 2.11. The predicted octanol–water partition coefficient (Wildman–Crippen LogP) is 3.82. The lowest BCUT2D eigenvalue weighted by Gasteiger charge is -2.12. The van der Waals surface area contributed by atoms with E-state index >= 15 is 0 Å². The van der Waals surface area contributed by atoms with Crippen molar-refractivity contribution in [1.82, 2.24) is 0 Å². The first-order valence-electron chi connectivity index (χ1n) is 6.89. The Morgan fingerprint density at radius 1 is 1.19 bits per heavy atom. The average Bonchev–Trinajstić information content (AvgIpc) is 2.45. The molecule has 2 aromatic carbocycles. The van der Waals surface area contributed by atoms with Crippen molar-refractivity contribution in [2.75, 3.05) is 11.9 Å². The van der Waals surface area contributed by atoms with E-state index in [9.17, 15) is 4.79 Å². The number of nitrogens with two attached hydrogens (primary N) is 1. The van der Waals surface area contributed by atoms with Gasteiger partial charge in [0.1, 0.15) is 0 Å².